The summed E-state index contributed by atoms with van der Waals surface area (Å²) in [6, 6.07) is 1.57. The van der Waals surface area contributed by atoms with Crippen molar-refractivity contribution in [3.8, 4) is 0 Å². The number of esters is 1. The monoisotopic (exact) mass is 240 g/mol. The summed E-state index contributed by atoms with van der Waals surface area (Å²) >= 11 is 0. The maximum absolute atomic E-state index is 11.3. The van der Waals surface area contributed by atoms with Gasteiger partial charge >= 0.3 is 5.97 Å². The summed E-state index contributed by atoms with van der Waals surface area (Å²) in [6.07, 6.45) is 2.40. The van der Waals surface area contributed by atoms with E-state index >= 15 is 0 Å². The highest BCUT2D eigenvalue weighted by Crippen LogP contribution is 1.96. The molecule has 0 unspecified atom stereocenters. The Labute approximate surface area is 98.9 Å². The second-order valence-electron chi connectivity index (χ2n) is 3.45. The number of carbonyl (C=O) groups excluding carboxylic acids is 2. The fourth-order valence-corrected chi connectivity index (χ4v) is 1.10. The normalized spacial score (nSPS) is 9.94. The van der Waals surface area contributed by atoms with Gasteiger partial charge in [-0.3, -0.25) is 14.3 Å². The van der Waals surface area contributed by atoms with E-state index in [-0.39, 0.29) is 19.1 Å². The number of hydrogen-bond acceptors (Lipinski definition) is 5. The first-order valence-electron chi connectivity index (χ1n) is 5.33. The van der Waals surface area contributed by atoms with Crippen molar-refractivity contribution in [1.29, 1.82) is 0 Å². The van der Waals surface area contributed by atoms with E-state index in [1.54, 1.807) is 12.3 Å². The molecular weight excluding hydrogens is 224 g/mol. The van der Waals surface area contributed by atoms with Crippen molar-refractivity contribution in [2.45, 2.75) is 19.9 Å². The number of hydrogen-bond donors (Lipinski definition) is 2. The standard InChI is InChI=1S/C10H16N4O3/c1-2-4-12-9(15)7-17-10(16)6-14-5-3-8(11)13-14/h3,5H,2,4,6-7H2,1H3,(H2,11,13)(H,12,15). The van der Waals surface area contributed by atoms with Crippen molar-refractivity contribution in [2.75, 3.05) is 18.9 Å². The summed E-state index contributed by atoms with van der Waals surface area (Å²) in [5.41, 5.74) is 5.38. The van der Waals surface area contributed by atoms with Gasteiger partial charge in [-0.05, 0) is 12.5 Å². The number of carbonyl (C=O) groups is 2. The third-order valence-corrected chi connectivity index (χ3v) is 1.89. The molecule has 0 aromatic carbocycles. The van der Waals surface area contributed by atoms with Crippen LogP contribution in [0.4, 0.5) is 5.82 Å². The fourth-order valence-electron chi connectivity index (χ4n) is 1.10. The van der Waals surface area contributed by atoms with Gasteiger partial charge in [-0.25, -0.2) is 0 Å². The number of aromatic nitrogens is 2. The third-order valence-electron chi connectivity index (χ3n) is 1.89. The van der Waals surface area contributed by atoms with Crippen LogP contribution in [0.2, 0.25) is 0 Å². The number of amides is 1. The summed E-state index contributed by atoms with van der Waals surface area (Å²) in [5.74, 6) is -0.501. The molecule has 0 saturated carbocycles. The number of nitrogens with two attached hydrogens (primary N) is 1. The quantitative estimate of drug-likeness (QED) is 0.655. The van der Waals surface area contributed by atoms with E-state index in [1.807, 2.05) is 6.92 Å². The molecule has 0 aliphatic heterocycles. The molecule has 7 nitrogen and oxygen atoms in total. The highest BCUT2D eigenvalue weighted by Gasteiger charge is 2.08. The molecule has 7 heteroatoms. The average molecular weight is 240 g/mol. The van der Waals surface area contributed by atoms with E-state index in [0.717, 1.165) is 6.42 Å². The SMILES string of the molecule is CCCNC(=O)COC(=O)Cn1ccc(N)n1. The molecule has 1 rings (SSSR count). The van der Waals surface area contributed by atoms with E-state index in [4.69, 9.17) is 10.5 Å². The molecule has 0 radical (unpaired) electrons. The van der Waals surface area contributed by atoms with Crippen LogP contribution in [0.1, 0.15) is 13.3 Å². The maximum Gasteiger partial charge on any atom is 0.328 e. The second kappa shape index (κ2) is 6.51. The van der Waals surface area contributed by atoms with Crippen LogP contribution in [-0.2, 0) is 20.9 Å². The van der Waals surface area contributed by atoms with Crippen molar-refractivity contribution in [3.05, 3.63) is 12.3 Å². The summed E-state index contributed by atoms with van der Waals surface area (Å²) in [6.45, 7) is 2.19. The van der Waals surface area contributed by atoms with Gasteiger partial charge < -0.3 is 15.8 Å². The van der Waals surface area contributed by atoms with Gasteiger partial charge in [0.2, 0.25) is 0 Å². The first-order chi connectivity index (χ1) is 8.11. The molecule has 0 aliphatic carbocycles. The fraction of sp³-hybridized carbons (Fsp3) is 0.500. The molecule has 94 valence electrons. The minimum atomic E-state index is -0.528. The molecule has 0 bridgehead atoms. The summed E-state index contributed by atoms with van der Waals surface area (Å²) in [5, 5.41) is 6.42. The molecule has 1 aromatic rings. The molecule has 1 heterocycles. The Kier molecular flexibility index (Phi) is 4.99. The lowest BCUT2D eigenvalue weighted by molar-refractivity contribution is -0.149. The topological polar surface area (TPSA) is 99.2 Å². The highest BCUT2D eigenvalue weighted by molar-refractivity contribution is 5.80. The van der Waals surface area contributed by atoms with E-state index in [2.05, 4.69) is 10.4 Å². The molecule has 3 N–H and O–H groups in total. The van der Waals surface area contributed by atoms with Crippen LogP contribution < -0.4 is 11.1 Å². The van der Waals surface area contributed by atoms with Crippen LogP contribution in [0.5, 0.6) is 0 Å². The number of nitrogen functional groups attached to an aromatic ring is 1. The lowest BCUT2D eigenvalue weighted by Gasteiger charge is -2.05. The maximum atomic E-state index is 11.3. The highest BCUT2D eigenvalue weighted by atomic mass is 16.5. The minimum Gasteiger partial charge on any atom is -0.454 e. The zero-order valence-corrected chi connectivity index (χ0v) is 9.68. The Bertz CT molecular complexity index is 389. The molecule has 0 fully saturated rings. The van der Waals surface area contributed by atoms with E-state index in [9.17, 15) is 9.59 Å². The van der Waals surface area contributed by atoms with Gasteiger partial charge in [-0.2, -0.15) is 5.10 Å². The molecule has 0 aliphatic rings. The number of nitrogens with one attached hydrogen (secondary N) is 1. The molecule has 17 heavy (non-hydrogen) atoms. The van der Waals surface area contributed by atoms with Gasteiger partial charge in [-0.15, -0.1) is 0 Å². The molecule has 1 amide bonds. The first kappa shape index (κ1) is 13.0. The number of rotatable bonds is 6. The number of nitrogens with zero attached hydrogens (tertiary/aromatic N) is 2. The summed E-state index contributed by atoms with van der Waals surface area (Å²) < 4.78 is 6.11. The zero-order valence-electron chi connectivity index (χ0n) is 9.68. The average Bonchev–Trinajstić information content (AvgIpc) is 2.69. The second-order valence-corrected chi connectivity index (χ2v) is 3.45. The summed E-state index contributed by atoms with van der Waals surface area (Å²) in [4.78, 5) is 22.4. The van der Waals surface area contributed by atoms with E-state index in [0.29, 0.717) is 12.4 Å². The van der Waals surface area contributed by atoms with Crippen LogP contribution in [0.25, 0.3) is 0 Å². The van der Waals surface area contributed by atoms with Gasteiger partial charge in [0.25, 0.3) is 5.91 Å². The van der Waals surface area contributed by atoms with Crippen LogP contribution in [-0.4, -0.2) is 34.8 Å². The van der Waals surface area contributed by atoms with Gasteiger partial charge in [0.05, 0.1) is 0 Å². The molecule has 0 spiro atoms. The van der Waals surface area contributed by atoms with Crippen LogP contribution in [0.3, 0.4) is 0 Å². The van der Waals surface area contributed by atoms with Crippen molar-refractivity contribution in [1.82, 2.24) is 15.1 Å². The predicted molar refractivity (Wildman–Crippen MR) is 60.9 cm³/mol. The summed E-state index contributed by atoms with van der Waals surface area (Å²) in [7, 11) is 0. The van der Waals surface area contributed by atoms with E-state index in [1.165, 1.54) is 4.68 Å². The lowest BCUT2D eigenvalue weighted by atomic mass is 10.5. The Hall–Kier alpha value is -2.05. The van der Waals surface area contributed by atoms with Crippen LogP contribution >= 0.6 is 0 Å². The van der Waals surface area contributed by atoms with E-state index < -0.39 is 5.97 Å². The third kappa shape index (κ3) is 5.01. The van der Waals surface area contributed by atoms with Gasteiger partial charge in [0.15, 0.2) is 6.61 Å². The van der Waals surface area contributed by atoms with Crippen molar-refractivity contribution in [2.24, 2.45) is 0 Å². The predicted octanol–water partition coefficient (Wildman–Crippen LogP) is -0.465. The Morgan fingerprint density at radius 1 is 1.59 bits per heavy atom. The van der Waals surface area contributed by atoms with Crippen LogP contribution in [0, 0.1) is 0 Å². The lowest BCUT2D eigenvalue weighted by Crippen LogP contribution is -2.30. The smallest absolute Gasteiger partial charge is 0.328 e. The van der Waals surface area contributed by atoms with Crippen molar-refractivity contribution < 1.29 is 14.3 Å². The van der Waals surface area contributed by atoms with Crippen molar-refractivity contribution in [3.63, 3.8) is 0 Å². The molecule has 1 aromatic heterocycles. The molecular formula is C10H16N4O3. The molecule has 0 saturated heterocycles. The first-order valence-corrected chi connectivity index (χ1v) is 5.33. The largest absolute Gasteiger partial charge is 0.454 e. The Morgan fingerprint density at radius 3 is 2.94 bits per heavy atom. The van der Waals surface area contributed by atoms with Gasteiger partial charge in [0, 0.05) is 12.7 Å². The Morgan fingerprint density at radius 2 is 2.35 bits per heavy atom. The van der Waals surface area contributed by atoms with Gasteiger partial charge in [0.1, 0.15) is 12.4 Å². The van der Waals surface area contributed by atoms with Crippen molar-refractivity contribution >= 4 is 17.7 Å². The minimum absolute atomic E-state index is 0.0573. The zero-order chi connectivity index (χ0) is 12.7. The van der Waals surface area contributed by atoms with Gasteiger partial charge in [-0.1, -0.05) is 6.92 Å². The number of anilines is 1. The molecule has 0 atom stereocenters. The Balaban J connectivity index is 2.23. The number of ether oxygens (including phenoxy) is 1. The van der Waals surface area contributed by atoms with Crippen LogP contribution in [0.15, 0.2) is 12.3 Å².